The molecule has 4 aromatic rings. The molecule has 1 heterocycles. The van der Waals surface area contributed by atoms with E-state index in [1.54, 1.807) is 18.3 Å². The van der Waals surface area contributed by atoms with E-state index in [4.69, 9.17) is 0 Å². The molecule has 0 saturated carbocycles. The molecule has 0 aliphatic rings. The van der Waals surface area contributed by atoms with Crippen molar-refractivity contribution in [3.05, 3.63) is 104 Å². The van der Waals surface area contributed by atoms with Gasteiger partial charge in [-0.3, -0.25) is 4.79 Å². The number of nitrogens with zero attached hydrogens (tertiary/aromatic N) is 2. The average molecular weight is 558 g/mol. The Bertz CT molecular complexity index is 1180. The number of hydrogen-bond acceptors (Lipinski definition) is 2. The Hall–Kier alpha value is -2.45. The van der Waals surface area contributed by atoms with Crippen molar-refractivity contribution in [1.29, 1.82) is 0 Å². The van der Waals surface area contributed by atoms with Crippen LogP contribution >= 0.6 is 38.5 Å². The van der Waals surface area contributed by atoms with Gasteiger partial charge in [0, 0.05) is 42.8 Å². The zero-order chi connectivity index (χ0) is 20.2. The van der Waals surface area contributed by atoms with E-state index >= 15 is 0 Å². The molecule has 1 N–H and O–H groups in total. The number of fused-ring (bicyclic) bond motifs is 1. The highest BCUT2D eigenvalue weighted by Crippen LogP contribution is 2.22. The normalized spacial score (nSPS) is 11.2. The molecule has 0 unspecified atom stereocenters. The van der Waals surface area contributed by atoms with E-state index in [0.29, 0.717) is 5.56 Å². The predicted octanol–water partition coefficient (Wildman–Crippen LogP) is 5.82. The lowest BCUT2D eigenvalue weighted by Gasteiger charge is -2.05. The minimum absolute atomic E-state index is 0.226. The third kappa shape index (κ3) is 4.76. The van der Waals surface area contributed by atoms with Gasteiger partial charge in [0.05, 0.1) is 6.21 Å². The van der Waals surface area contributed by atoms with Gasteiger partial charge in [-0.2, -0.15) is 5.10 Å². The molecule has 29 heavy (non-hydrogen) atoms. The van der Waals surface area contributed by atoms with Crippen LogP contribution in [0.2, 0.25) is 0 Å². The summed E-state index contributed by atoms with van der Waals surface area (Å²) < 4.78 is 4.34. The van der Waals surface area contributed by atoms with E-state index in [9.17, 15) is 4.79 Å². The quantitative estimate of drug-likeness (QED) is 0.187. The average Bonchev–Trinajstić information content (AvgIpc) is 3.08. The lowest BCUT2D eigenvalue weighted by Crippen LogP contribution is -2.17. The summed E-state index contributed by atoms with van der Waals surface area (Å²) in [4.78, 5) is 12.2. The predicted molar refractivity (Wildman–Crippen MR) is 129 cm³/mol. The second-order valence-corrected chi connectivity index (χ2v) is 8.72. The molecule has 144 valence electrons. The summed E-state index contributed by atoms with van der Waals surface area (Å²) in [6, 6.07) is 23.9. The highest BCUT2D eigenvalue weighted by molar-refractivity contribution is 14.1. The van der Waals surface area contributed by atoms with Crippen LogP contribution < -0.4 is 5.43 Å². The summed E-state index contributed by atoms with van der Waals surface area (Å²) in [5.74, 6) is -0.226. The Labute approximate surface area is 190 Å². The third-order valence-corrected chi connectivity index (χ3v) is 5.81. The van der Waals surface area contributed by atoms with Crippen LogP contribution in [0.5, 0.6) is 0 Å². The van der Waals surface area contributed by atoms with Gasteiger partial charge in [0.15, 0.2) is 0 Å². The summed E-state index contributed by atoms with van der Waals surface area (Å²) in [7, 11) is 0. The zero-order valence-electron chi connectivity index (χ0n) is 15.3. The van der Waals surface area contributed by atoms with Crippen molar-refractivity contribution in [3.8, 4) is 0 Å². The number of aromatic nitrogens is 1. The molecule has 0 spiro atoms. The van der Waals surface area contributed by atoms with Gasteiger partial charge < -0.3 is 4.57 Å². The van der Waals surface area contributed by atoms with Gasteiger partial charge in [-0.05, 0) is 70.6 Å². The topological polar surface area (TPSA) is 46.4 Å². The molecule has 3 aromatic carbocycles. The number of hydrogen-bond donors (Lipinski definition) is 1. The molecular weight excluding hydrogens is 541 g/mol. The summed E-state index contributed by atoms with van der Waals surface area (Å²) in [6.45, 7) is 0.761. The van der Waals surface area contributed by atoms with Crippen LogP contribution in [-0.4, -0.2) is 16.7 Å². The SMILES string of the molecule is O=C(N/N=C\c1cn(Cc2ccc(Br)cc2)c2ccccc12)c1ccc(I)cc1. The second-order valence-electron chi connectivity index (χ2n) is 6.56. The first-order chi connectivity index (χ1) is 14.1. The molecular formula is C23H17BrIN3O. The highest BCUT2D eigenvalue weighted by Gasteiger charge is 2.08. The van der Waals surface area contributed by atoms with Crippen LogP contribution in [0.15, 0.2) is 88.6 Å². The first-order valence-electron chi connectivity index (χ1n) is 9.01. The van der Waals surface area contributed by atoms with Gasteiger partial charge >= 0.3 is 0 Å². The molecule has 0 saturated heterocycles. The molecule has 4 nitrogen and oxygen atoms in total. The smallest absolute Gasteiger partial charge is 0.271 e. The van der Waals surface area contributed by atoms with E-state index in [0.717, 1.165) is 31.1 Å². The minimum Gasteiger partial charge on any atom is -0.342 e. The van der Waals surface area contributed by atoms with Crippen LogP contribution in [-0.2, 0) is 6.54 Å². The Kier molecular flexibility index (Phi) is 6.10. The first-order valence-corrected chi connectivity index (χ1v) is 10.9. The van der Waals surface area contributed by atoms with Gasteiger partial charge in [0.25, 0.3) is 5.91 Å². The molecule has 6 heteroatoms. The first kappa shape index (κ1) is 19.8. The van der Waals surface area contributed by atoms with Crippen molar-refractivity contribution in [2.75, 3.05) is 0 Å². The molecule has 1 aromatic heterocycles. The lowest BCUT2D eigenvalue weighted by atomic mass is 10.2. The fourth-order valence-corrected chi connectivity index (χ4v) is 3.75. The van der Waals surface area contributed by atoms with Gasteiger partial charge in [-0.25, -0.2) is 5.43 Å². The number of para-hydroxylation sites is 1. The number of amides is 1. The Morgan fingerprint density at radius 2 is 1.76 bits per heavy atom. The number of rotatable bonds is 5. The van der Waals surface area contributed by atoms with Crippen LogP contribution in [0.3, 0.4) is 0 Å². The number of carbonyl (C=O) groups excluding carboxylic acids is 1. The number of carbonyl (C=O) groups is 1. The number of hydrazone groups is 1. The van der Waals surface area contributed by atoms with Crippen molar-refractivity contribution in [2.45, 2.75) is 6.54 Å². The van der Waals surface area contributed by atoms with E-state index < -0.39 is 0 Å². The van der Waals surface area contributed by atoms with E-state index in [2.05, 4.69) is 84.1 Å². The third-order valence-electron chi connectivity index (χ3n) is 4.56. The molecule has 0 fully saturated rings. The van der Waals surface area contributed by atoms with Gasteiger partial charge in [-0.1, -0.05) is 46.3 Å². The van der Waals surface area contributed by atoms with Crippen molar-refractivity contribution in [2.24, 2.45) is 5.10 Å². The summed E-state index contributed by atoms with van der Waals surface area (Å²) >= 11 is 5.69. The maximum atomic E-state index is 12.2. The van der Waals surface area contributed by atoms with Crippen molar-refractivity contribution >= 4 is 61.5 Å². The maximum Gasteiger partial charge on any atom is 0.271 e. The second kappa shape index (κ2) is 8.92. The van der Waals surface area contributed by atoms with Crippen molar-refractivity contribution < 1.29 is 4.79 Å². The number of benzene rings is 3. The van der Waals surface area contributed by atoms with Crippen LogP contribution in [0.4, 0.5) is 0 Å². The highest BCUT2D eigenvalue weighted by atomic mass is 127. The Morgan fingerprint density at radius 3 is 2.52 bits per heavy atom. The van der Waals surface area contributed by atoms with Crippen molar-refractivity contribution in [1.82, 2.24) is 9.99 Å². The largest absolute Gasteiger partial charge is 0.342 e. The molecule has 0 radical (unpaired) electrons. The molecule has 0 atom stereocenters. The Morgan fingerprint density at radius 1 is 1.03 bits per heavy atom. The van der Waals surface area contributed by atoms with Crippen molar-refractivity contribution in [3.63, 3.8) is 0 Å². The number of halogens is 2. The van der Waals surface area contributed by atoms with Gasteiger partial charge in [0.1, 0.15) is 0 Å². The lowest BCUT2D eigenvalue weighted by molar-refractivity contribution is 0.0955. The number of nitrogens with one attached hydrogen (secondary N) is 1. The van der Waals surface area contributed by atoms with E-state index in [-0.39, 0.29) is 5.91 Å². The van der Waals surface area contributed by atoms with E-state index in [1.807, 2.05) is 36.4 Å². The fourth-order valence-electron chi connectivity index (χ4n) is 3.12. The molecule has 0 bridgehead atoms. The van der Waals surface area contributed by atoms with Crippen LogP contribution in [0.25, 0.3) is 10.9 Å². The van der Waals surface area contributed by atoms with E-state index in [1.165, 1.54) is 5.56 Å². The van der Waals surface area contributed by atoms with Crippen LogP contribution in [0, 0.1) is 3.57 Å². The summed E-state index contributed by atoms with van der Waals surface area (Å²) in [5.41, 5.74) is 6.49. The molecule has 4 rings (SSSR count). The zero-order valence-corrected chi connectivity index (χ0v) is 19.1. The Balaban J connectivity index is 1.55. The molecule has 0 aliphatic carbocycles. The summed E-state index contributed by atoms with van der Waals surface area (Å²) in [5, 5.41) is 5.27. The van der Waals surface area contributed by atoms with Gasteiger partial charge in [-0.15, -0.1) is 0 Å². The van der Waals surface area contributed by atoms with Gasteiger partial charge in [0.2, 0.25) is 0 Å². The fraction of sp³-hybridized carbons (Fsp3) is 0.0435. The standard InChI is InChI=1S/C23H17BrIN3O/c24-19-9-5-16(6-10-19)14-28-15-18(21-3-1-2-4-22(21)28)13-26-27-23(29)17-7-11-20(25)12-8-17/h1-13,15H,14H2,(H,27,29)/b26-13-. The maximum absolute atomic E-state index is 12.2. The summed E-state index contributed by atoms with van der Waals surface area (Å²) in [6.07, 6.45) is 3.76. The molecule has 1 amide bonds. The van der Waals surface area contributed by atoms with Crippen LogP contribution in [0.1, 0.15) is 21.5 Å². The molecule has 0 aliphatic heterocycles. The monoisotopic (exact) mass is 557 g/mol. The minimum atomic E-state index is -0.226.